The van der Waals surface area contributed by atoms with Crippen molar-refractivity contribution in [3.63, 3.8) is 0 Å². The molecule has 0 aliphatic carbocycles. The molecule has 9 nitrogen and oxygen atoms in total. The van der Waals surface area contributed by atoms with Crippen molar-refractivity contribution >= 4 is 5.97 Å². The molecule has 9 heteroatoms. The summed E-state index contributed by atoms with van der Waals surface area (Å²) >= 11 is 0. The molecule has 0 unspecified atom stereocenters. The van der Waals surface area contributed by atoms with E-state index in [9.17, 15) is 19.5 Å². The normalized spacial score (nSPS) is 24.9. The van der Waals surface area contributed by atoms with Crippen LogP contribution in [-0.2, 0) is 27.4 Å². The van der Waals surface area contributed by atoms with Crippen LogP contribution in [0.4, 0.5) is 0 Å². The average molecular weight is 423 g/mol. The maximum Gasteiger partial charge on any atom is 0.352 e. The molecule has 0 saturated carbocycles. The monoisotopic (exact) mass is 423 g/mol. The Morgan fingerprint density at radius 2 is 1.65 bits per heavy atom. The van der Waals surface area contributed by atoms with Gasteiger partial charge in [0.05, 0.1) is 31.4 Å². The lowest BCUT2D eigenvalue weighted by Gasteiger charge is -2.42. The van der Waals surface area contributed by atoms with Gasteiger partial charge in [-0.25, -0.2) is 23.5 Å². The van der Waals surface area contributed by atoms with Crippen LogP contribution in [0, 0.1) is 0 Å². The molecule has 31 heavy (non-hydrogen) atoms. The zero-order chi connectivity index (χ0) is 21.5. The van der Waals surface area contributed by atoms with Crippen molar-refractivity contribution in [1.29, 1.82) is 0 Å². The molecule has 1 aromatic heterocycles. The Hall–Kier alpha value is -3.43. The SMILES string of the molecule is O=C1C[C@H](OCc2ccccc2)[C@@H]2[C@@H](O1)[C@H](O)Cn1c(=O)n(-c3ccccc3)c(=O)n12. The Morgan fingerprint density at radius 1 is 0.968 bits per heavy atom. The number of hydrogen-bond donors (Lipinski definition) is 1. The first-order valence-corrected chi connectivity index (χ1v) is 10.1. The molecule has 0 bridgehead atoms. The van der Waals surface area contributed by atoms with Crippen LogP contribution in [0.15, 0.2) is 70.3 Å². The molecular weight excluding hydrogens is 402 g/mol. The lowest BCUT2D eigenvalue weighted by Crippen LogP contribution is -2.58. The molecule has 2 aliphatic heterocycles. The third kappa shape index (κ3) is 3.31. The van der Waals surface area contributed by atoms with Gasteiger partial charge in [0.15, 0.2) is 6.10 Å². The van der Waals surface area contributed by atoms with Crippen LogP contribution < -0.4 is 11.4 Å². The van der Waals surface area contributed by atoms with Gasteiger partial charge in [0, 0.05) is 0 Å². The van der Waals surface area contributed by atoms with E-state index in [0.717, 1.165) is 10.1 Å². The molecule has 0 amide bonds. The largest absolute Gasteiger partial charge is 0.457 e. The Bertz CT molecular complexity index is 1210. The van der Waals surface area contributed by atoms with Crippen molar-refractivity contribution in [3.8, 4) is 5.69 Å². The van der Waals surface area contributed by atoms with Crippen molar-refractivity contribution in [2.75, 3.05) is 0 Å². The van der Waals surface area contributed by atoms with Crippen molar-refractivity contribution in [2.24, 2.45) is 0 Å². The van der Waals surface area contributed by atoms with E-state index in [1.54, 1.807) is 30.3 Å². The Balaban J connectivity index is 1.58. The maximum atomic E-state index is 13.3. The molecule has 1 saturated heterocycles. The summed E-state index contributed by atoms with van der Waals surface area (Å²) in [5.74, 6) is -0.510. The lowest BCUT2D eigenvalue weighted by atomic mass is 9.93. The third-order valence-corrected chi connectivity index (χ3v) is 5.76. The number of rotatable bonds is 4. The van der Waals surface area contributed by atoms with Crippen LogP contribution in [-0.4, -0.2) is 43.3 Å². The van der Waals surface area contributed by atoms with E-state index in [0.29, 0.717) is 5.69 Å². The van der Waals surface area contributed by atoms with Gasteiger partial charge in [-0.3, -0.25) is 4.79 Å². The number of aromatic nitrogens is 3. The molecule has 2 aromatic carbocycles. The first kappa shape index (κ1) is 19.5. The van der Waals surface area contributed by atoms with Crippen LogP contribution >= 0.6 is 0 Å². The number of nitrogens with zero attached hydrogens (tertiary/aromatic N) is 3. The second-order valence-electron chi connectivity index (χ2n) is 7.71. The van der Waals surface area contributed by atoms with E-state index >= 15 is 0 Å². The molecule has 5 rings (SSSR count). The van der Waals surface area contributed by atoms with Crippen LogP contribution in [0.3, 0.4) is 0 Å². The smallest absolute Gasteiger partial charge is 0.352 e. The van der Waals surface area contributed by atoms with Crippen LogP contribution in [0.2, 0.25) is 0 Å². The summed E-state index contributed by atoms with van der Waals surface area (Å²) in [5, 5.41) is 10.6. The minimum absolute atomic E-state index is 0.0854. The number of ether oxygens (including phenoxy) is 2. The van der Waals surface area contributed by atoms with Gasteiger partial charge < -0.3 is 14.6 Å². The second-order valence-corrected chi connectivity index (χ2v) is 7.71. The predicted molar refractivity (Wildman–Crippen MR) is 109 cm³/mol. The minimum atomic E-state index is -1.14. The molecule has 160 valence electrons. The first-order chi connectivity index (χ1) is 15.0. The number of fused-ring (bicyclic) bond motifs is 3. The topological polar surface area (TPSA) is 105 Å². The molecule has 0 spiro atoms. The highest BCUT2D eigenvalue weighted by molar-refractivity contribution is 5.71. The van der Waals surface area contributed by atoms with Crippen molar-refractivity contribution < 1.29 is 19.4 Å². The van der Waals surface area contributed by atoms with E-state index in [1.165, 1.54) is 9.36 Å². The van der Waals surface area contributed by atoms with Gasteiger partial charge in [0.1, 0.15) is 12.1 Å². The van der Waals surface area contributed by atoms with Gasteiger partial charge in [-0.05, 0) is 17.7 Å². The zero-order valence-electron chi connectivity index (χ0n) is 16.5. The molecule has 4 atom stereocenters. The summed E-state index contributed by atoms with van der Waals surface area (Å²) in [6, 6.07) is 17.2. The molecular formula is C22H21N3O6. The van der Waals surface area contributed by atoms with Crippen molar-refractivity contribution in [2.45, 2.75) is 43.9 Å². The number of esters is 1. The molecule has 0 radical (unpaired) electrons. The van der Waals surface area contributed by atoms with Crippen LogP contribution in [0.1, 0.15) is 18.0 Å². The van der Waals surface area contributed by atoms with E-state index in [-0.39, 0.29) is 19.6 Å². The highest BCUT2D eigenvalue weighted by Crippen LogP contribution is 2.33. The summed E-state index contributed by atoms with van der Waals surface area (Å²) < 4.78 is 15.0. The average Bonchev–Trinajstić information content (AvgIpc) is 3.03. The number of hydrogen-bond acceptors (Lipinski definition) is 6. The number of para-hydroxylation sites is 1. The van der Waals surface area contributed by atoms with Crippen molar-refractivity contribution in [3.05, 3.63) is 87.2 Å². The van der Waals surface area contributed by atoms with E-state index in [1.807, 2.05) is 30.3 Å². The quantitative estimate of drug-likeness (QED) is 0.617. The number of carbonyl (C=O) groups excluding carboxylic acids is 1. The molecule has 1 fully saturated rings. The molecule has 3 heterocycles. The van der Waals surface area contributed by atoms with Gasteiger partial charge in [-0.15, -0.1) is 0 Å². The second kappa shape index (κ2) is 7.68. The van der Waals surface area contributed by atoms with E-state index < -0.39 is 41.7 Å². The Labute approximate surface area is 176 Å². The van der Waals surface area contributed by atoms with Gasteiger partial charge in [-0.1, -0.05) is 48.5 Å². The fourth-order valence-corrected chi connectivity index (χ4v) is 4.33. The summed E-state index contributed by atoms with van der Waals surface area (Å²) in [5.41, 5.74) is 0.199. The fraction of sp³-hybridized carbons (Fsp3) is 0.318. The number of aliphatic hydroxyl groups excluding tert-OH is 1. The van der Waals surface area contributed by atoms with Crippen molar-refractivity contribution in [1.82, 2.24) is 13.9 Å². The highest BCUT2D eigenvalue weighted by Gasteiger charge is 2.49. The van der Waals surface area contributed by atoms with Gasteiger partial charge in [0.25, 0.3) is 0 Å². The van der Waals surface area contributed by atoms with Gasteiger partial charge in [0.2, 0.25) is 0 Å². The minimum Gasteiger partial charge on any atom is -0.457 e. The highest BCUT2D eigenvalue weighted by atomic mass is 16.6. The lowest BCUT2D eigenvalue weighted by molar-refractivity contribution is -0.193. The number of carbonyl (C=O) groups is 1. The molecule has 1 N–H and O–H groups in total. The standard InChI is InChI=1S/C22H21N3O6/c26-16-12-23-21(28)24(15-9-5-2-6-10-15)22(29)25(23)19-17(11-18(27)31-20(16)19)30-13-14-7-3-1-4-8-14/h1-10,16-17,19-20,26H,11-13H2/t16-,17+,19-,20+/m1/s1. The Kier molecular flexibility index (Phi) is 4.84. The number of aliphatic hydroxyl groups is 1. The summed E-state index contributed by atoms with van der Waals surface area (Å²) in [4.78, 5) is 38.6. The first-order valence-electron chi connectivity index (χ1n) is 10.1. The third-order valence-electron chi connectivity index (χ3n) is 5.76. The maximum absolute atomic E-state index is 13.3. The van der Waals surface area contributed by atoms with E-state index in [2.05, 4.69) is 0 Å². The summed E-state index contributed by atoms with van der Waals surface area (Å²) in [6.45, 7) is 0.0598. The fourth-order valence-electron chi connectivity index (χ4n) is 4.33. The van der Waals surface area contributed by atoms with Gasteiger partial charge >= 0.3 is 17.3 Å². The Morgan fingerprint density at radius 3 is 2.35 bits per heavy atom. The summed E-state index contributed by atoms with van der Waals surface area (Å²) in [6.07, 6.45) is -2.94. The van der Waals surface area contributed by atoms with Crippen LogP contribution in [0.5, 0.6) is 0 Å². The molecule has 3 aromatic rings. The number of benzene rings is 2. The zero-order valence-corrected chi connectivity index (χ0v) is 16.5. The predicted octanol–water partition coefficient (Wildman–Crippen LogP) is 0.617. The summed E-state index contributed by atoms with van der Waals surface area (Å²) in [7, 11) is 0. The molecule has 2 aliphatic rings. The van der Waals surface area contributed by atoms with E-state index in [4.69, 9.17) is 9.47 Å². The van der Waals surface area contributed by atoms with Gasteiger partial charge in [-0.2, -0.15) is 0 Å². The van der Waals surface area contributed by atoms with Crippen LogP contribution in [0.25, 0.3) is 5.69 Å².